The van der Waals surface area contributed by atoms with Crippen molar-refractivity contribution in [2.24, 2.45) is 0 Å². The quantitative estimate of drug-likeness (QED) is 0.663. The van der Waals surface area contributed by atoms with Crippen molar-refractivity contribution in [2.75, 3.05) is 33.0 Å². The van der Waals surface area contributed by atoms with Crippen LogP contribution in [0, 0.1) is 0 Å². The van der Waals surface area contributed by atoms with Crippen LogP contribution >= 0.6 is 0 Å². The number of pyridine rings is 1. The van der Waals surface area contributed by atoms with E-state index in [1.54, 1.807) is 6.92 Å². The third-order valence-electron chi connectivity index (χ3n) is 3.41. The second-order valence-corrected chi connectivity index (χ2v) is 6.55. The van der Waals surface area contributed by atoms with Gasteiger partial charge < -0.3 is 9.80 Å². The van der Waals surface area contributed by atoms with Crippen molar-refractivity contribution >= 4 is 22.4 Å². The molecule has 0 saturated heterocycles. The van der Waals surface area contributed by atoms with Crippen LogP contribution in [0.5, 0.6) is 0 Å². The molecule has 21 heavy (non-hydrogen) atoms. The molecule has 1 aromatic heterocycles. The van der Waals surface area contributed by atoms with E-state index in [0.29, 0.717) is 0 Å². The fraction of sp³-hybridized carbons (Fsp3) is 0.412. The van der Waals surface area contributed by atoms with Gasteiger partial charge in [-0.15, -0.1) is 0 Å². The number of aryl methyl sites for hydroxylation is 1. The Morgan fingerprint density at radius 3 is 2.57 bits per heavy atom. The minimum atomic E-state index is -0.0377. The molecule has 0 bridgehead atoms. The smallest absolute Gasteiger partial charge is 0.221 e. The molecule has 2 rings (SSSR count). The molecule has 4 nitrogen and oxygen atoms in total. The van der Waals surface area contributed by atoms with Crippen LogP contribution in [-0.4, -0.2) is 38.1 Å². The molecule has 0 aliphatic heterocycles. The lowest BCUT2D eigenvalue weighted by molar-refractivity contribution is -0.873. The molecular formula is C17H25N3O+2. The maximum absolute atomic E-state index is 11.4. The van der Waals surface area contributed by atoms with E-state index in [-0.39, 0.29) is 5.91 Å². The van der Waals surface area contributed by atoms with E-state index in [1.165, 1.54) is 0 Å². The van der Waals surface area contributed by atoms with Crippen molar-refractivity contribution in [1.82, 2.24) is 0 Å². The normalized spacial score (nSPS) is 11.6. The van der Waals surface area contributed by atoms with E-state index in [9.17, 15) is 4.79 Å². The summed E-state index contributed by atoms with van der Waals surface area (Å²) in [5, 5.41) is 5.16. The molecule has 1 N–H and O–H groups in total. The van der Waals surface area contributed by atoms with Gasteiger partial charge in [-0.05, 0) is 6.07 Å². The van der Waals surface area contributed by atoms with Gasteiger partial charge in [-0.25, -0.2) is 4.57 Å². The Morgan fingerprint density at radius 1 is 1.19 bits per heavy atom. The zero-order chi connectivity index (χ0) is 15.5. The summed E-state index contributed by atoms with van der Waals surface area (Å²) in [7, 11) is 6.61. The molecule has 0 atom stereocenters. The number of nitrogens with one attached hydrogen (secondary N) is 1. The number of amides is 1. The molecule has 0 saturated carbocycles. The molecule has 0 radical (unpaired) electrons. The molecule has 0 spiro atoms. The van der Waals surface area contributed by atoms with Crippen LogP contribution in [0.3, 0.4) is 0 Å². The summed E-state index contributed by atoms with van der Waals surface area (Å²) in [6.07, 6.45) is 5.28. The minimum Gasteiger partial charge on any atom is -0.331 e. The molecule has 1 amide bonds. The van der Waals surface area contributed by atoms with Crippen molar-refractivity contribution < 1.29 is 13.8 Å². The zero-order valence-corrected chi connectivity index (χ0v) is 13.4. The molecule has 1 heterocycles. The second kappa shape index (κ2) is 6.22. The Kier molecular flexibility index (Phi) is 4.58. The fourth-order valence-electron chi connectivity index (χ4n) is 2.45. The third-order valence-corrected chi connectivity index (χ3v) is 3.41. The van der Waals surface area contributed by atoms with Crippen molar-refractivity contribution in [2.45, 2.75) is 19.9 Å². The number of carbonyl (C=O) groups is 1. The predicted octanol–water partition coefficient (Wildman–Crippen LogP) is 2.18. The minimum absolute atomic E-state index is 0.0377. The molecule has 4 heteroatoms. The zero-order valence-electron chi connectivity index (χ0n) is 13.4. The highest BCUT2D eigenvalue weighted by molar-refractivity contribution is 6.00. The number of rotatable bonds is 5. The topological polar surface area (TPSA) is 33.0 Å². The SMILES string of the molecule is CC(=O)Nc1c[n+](CCC[N+](C)(C)C)cc2ccccc12. The van der Waals surface area contributed by atoms with Crippen LogP contribution in [0.25, 0.3) is 10.8 Å². The van der Waals surface area contributed by atoms with Crippen LogP contribution in [-0.2, 0) is 11.3 Å². The van der Waals surface area contributed by atoms with Crippen molar-refractivity contribution in [1.29, 1.82) is 0 Å². The molecular weight excluding hydrogens is 262 g/mol. The van der Waals surface area contributed by atoms with E-state index in [0.717, 1.165) is 40.5 Å². The van der Waals surface area contributed by atoms with E-state index >= 15 is 0 Å². The summed E-state index contributed by atoms with van der Waals surface area (Å²) < 4.78 is 3.13. The van der Waals surface area contributed by atoms with E-state index in [4.69, 9.17) is 0 Å². The van der Waals surface area contributed by atoms with E-state index in [2.05, 4.69) is 43.3 Å². The number of nitrogens with zero attached hydrogens (tertiary/aromatic N) is 2. The predicted molar refractivity (Wildman–Crippen MR) is 86.0 cm³/mol. The Morgan fingerprint density at radius 2 is 1.90 bits per heavy atom. The summed E-state index contributed by atoms with van der Waals surface area (Å²) in [5.74, 6) is -0.0377. The molecule has 112 valence electrons. The monoisotopic (exact) mass is 287 g/mol. The first-order valence-electron chi connectivity index (χ1n) is 7.35. The number of benzene rings is 1. The molecule has 0 aliphatic rings. The van der Waals surface area contributed by atoms with Gasteiger partial charge in [-0.1, -0.05) is 18.2 Å². The molecule has 0 fully saturated rings. The Bertz CT molecular complexity index is 644. The summed E-state index contributed by atoms with van der Waals surface area (Å²) in [5.41, 5.74) is 0.880. The van der Waals surface area contributed by atoms with Gasteiger partial charge in [0, 0.05) is 17.7 Å². The summed E-state index contributed by atoms with van der Waals surface area (Å²) in [6, 6.07) is 8.14. The van der Waals surface area contributed by atoms with Gasteiger partial charge in [0.15, 0.2) is 18.9 Å². The highest BCUT2D eigenvalue weighted by Crippen LogP contribution is 2.20. The number of hydrogen-bond acceptors (Lipinski definition) is 1. The highest BCUT2D eigenvalue weighted by atomic mass is 16.1. The van der Waals surface area contributed by atoms with Crippen LogP contribution in [0.15, 0.2) is 36.7 Å². The first-order valence-corrected chi connectivity index (χ1v) is 7.35. The van der Waals surface area contributed by atoms with Crippen molar-refractivity contribution in [3.8, 4) is 0 Å². The fourth-order valence-corrected chi connectivity index (χ4v) is 2.45. The third kappa shape index (κ3) is 4.53. The van der Waals surface area contributed by atoms with Gasteiger partial charge in [-0.3, -0.25) is 4.79 Å². The molecule has 0 unspecified atom stereocenters. The van der Waals surface area contributed by atoms with Gasteiger partial charge in [0.2, 0.25) is 5.91 Å². The lowest BCUT2D eigenvalue weighted by Gasteiger charge is -2.22. The van der Waals surface area contributed by atoms with Crippen molar-refractivity contribution in [3.05, 3.63) is 36.7 Å². The maximum Gasteiger partial charge on any atom is 0.221 e. The number of anilines is 1. The maximum atomic E-state index is 11.4. The average molecular weight is 287 g/mol. The summed E-state index contributed by atoms with van der Waals surface area (Å²) in [4.78, 5) is 11.4. The summed E-state index contributed by atoms with van der Waals surface area (Å²) >= 11 is 0. The van der Waals surface area contributed by atoms with Crippen LogP contribution in [0.2, 0.25) is 0 Å². The Hall–Kier alpha value is -1.94. The van der Waals surface area contributed by atoms with Gasteiger partial charge in [0.1, 0.15) is 5.69 Å². The number of carbonyl (C=O) groups excluding carboxylic acids is 1. The number of aromatic nitrogens is 1. The average Bonchev–Trinajstić information content (AvgIpc) is 2.36. The van der Waals surface area contributed by atoms with Crippen molar-refractivity contribution in [3.63, 3.8) is 0 Å². The lowest BCUT2D eigenvalue weighted by Crippen LogP contribution is -2.40. The first kappa shape index (κ1) is 15.4. The highest BCUT2D eigenvalue weighted by Gasteiger charge is 2.13. The van der Waals surface area contributed by atoms with Gasteiger partial charge in [0.25, 0.3) is 0 Å². The van der Waals surface area contributed by atoms with E-state index < -0.39 is 0 Å². The van der Waals surface area contributed by atoms with Crippen LogP contribution < -0.4 is 9.88 Å². The Balaban J connectivity index is 2.26. The van der Waals surface area contributed by atoms with E-state index in [1.807, 2.05) is 24.4 Å². The van der Waals surface area contributed by atoms with Gasteiger partial charge in [-0.2, -0.15) is 0 Å². The lowest BCUT2D eigenvalue weighted by atomic mass is 10.1. The number of hydrogen-bond donors (Lipinski definition) is 1. The van der Waals surface area contributed by atoms with Gasteiger partial charge in [0.05, 0.1) is 34.1 Å². The van der Waals surface area contributed by atoms with Crippen LogP contribution in [0.4, 0.5) is 5.69 Å². The number of fused-ring (bicyclic) bond motifs is 1. The number of quaternary nitrogens is 1. The van der Waals surface area contributed by atoms with Crippen LogP contribution in [0.1, 0.15) is 13.3 Å². The Labute approximate surface area is 126 Å². The first-order chi connectivity index (χ1) is 9.85. The molecule has 1 aromatic carbocycles. The molecule has 0 aliphatic carbocycles. The summed E-state index contributed by atoms with van der Waals surface area (Å²) in [6.45, 7) is 3.62. The molecule has 2 aromatic rings. The second-order valence-electron chi connectivity index (χ2n) is 6.55. The van der Waals surface area contributed by atoms with Gasteiger partial charge >= 0.3 is 0 Å². The largest absolute Gasteiger partial charge is 0.331 e. The standard InChI is InChI=1S/C17H24N3O/c1-14(21)18-17-13-19(10-7-11-20(2,3)4)12-15-8-5-6-9-16(15)17/h5-6,8-9,12-13H,7,10-11H2,1-4H3/q+1/p+1.